The zero-order valence-corrected chi connectivity index (χ0v) is 19.6. The van der Waals surface area contributed by atoms with Gasteiger partial charge in [0.2, 0.25) is 0 Å². The van der Waals surface area contributed by atoms with Crippen LogP contribution < -0.4 is 0 Å². The molecule has 5 aliphatic rings. The number of Topliss-reactive ketones (excluding diaryl/α,β-unsaturated/α-hetero) is 1. The van der Waals surface area contributed by atoms with E-state index in [1.54, 1.807) is 0 Å². The highest BCUT2D eigenvalue weighted by molar-refractivity contribution is 5.87. The lowest BCUT2D eigenvalue weighted by molar-refractivity contribution is -0.282. The molecule has 33 heavy (non-hydrogen) atoms. The molecule has 5 rings (SSSR count). The lowest BCUT2D eigenvalue weighted by Crippen LogP contribution is -2.60. The molecule has 0 aromatic carbocycles. The third-order valence-corrected chi connectivity index (χ3v) is 10.4. The Morgan fingerprint density at radius 1 is 0.939 bits per heavy atom. The Labute approximate surface area is 194 Å². The quantitative estimate of drug-likeness (QED) is 0.448. The van der Waals surface area contributed by atoms with Gasteiger partial charge in [0.25, 0.3) is 0 Å². The van der Waals surface area contributed by atoms with Gasteiger partial charge in [-0.25, -0.2) is 4.79 Å². The molecule has 12 atom stereocenters. The molecule has 0 aromatic rings. The summed E-state index contributed by atoms with van der Waals surface area (Å²) in [6.07, 6.45) is -0.135. The van der Waals surface area contributed by atoms with Crippen LogP contribution in [0.3, 0.4) is 0 Å². The molecule has 0 aromatic heterocycles. The second kappa shape index (κ2) is 8.26. The zero-order valence-electron chi connectivity index (χ0n) is 19.6. The second-order valence-corrected chi connectivity index (χ2v) is 11.8. The van der Waals surface area contributed by atoms with E-state index in [0.717, 1.165) is 57.8 Å². The van der Waals surface area contributed by atoms with Crippen molar-refractivity contribution in [3.63, 3.8) is 0 Å². The minimum Gasteiger partial charge on any atom is -0.460 e. The molecule has 1 heterocycles. The molecule has 0 bridgehead atoms. The van der Waals surface area contributed by atoms with Crippen molar-refractivity contribution in [2.75, 3.05) is 0 Å². The number of aliphatic hydroxyl groups is 4. The van der Waals surface area contributed by atoms with Gasteiger partial charge in [0.1, 0.15) is 30.2 Å². The third kappa shape index (κ3) is 3.59. The van der Waals surface area contributed by atoms with Crippen LogP contribution in [0.25, 0.3) is 0 Å². The van der Waals surface area contributed by atoms with Crippen LogP contribution >= 0.6 is 0 Å². The largest absolute Gasteiger partial charge is 0.460 e. The molecule has 8 heteroatoms. The van der Waals surface area contributed by atoms with E-state index < -0.39 is 36.7 Å². The molecule has 8 nitrogen and oxygen atoms in total. The summed E-state index contributed by atoms with van der Waals surface area (Å²) in [7, 11) is 0. The standard InChI is InChI=1S/C25H38O8/c1-24-9-7-13(32-23(31)21-19(28)18(27)20(29)22(30)33-21)11-12(24)3-4-14-15-5-6-17(26)25(15,2)10-8-16(14)24/h12-16,18-22,27-30H,3-11H2,1-2H3/t12-,13+,14-,15-,16-,18-,19-,20+,21-,22+,24-,25-/m0/s1. The van der Waals surface area contributed by atoms with Gasteiger partial charge in [0, 0.05) is 11.8 Å². The van der Waals surface area contributed by atoms with Crippen molar-refractivity contribution < 1.29 is 39.5 Å². The summed E-state index contributed by atoms with van der Waals surface area (Å²) in [5.41, 5.74) is 0.0524. The van der Waals surface area contributed by atoms with E-state index in [9.17, 15) is 30.0 Å². The van der Waals surface area contributed by atoms with Gasteiger partial charge in [-0.15, -0.1) is 0 Å². The summed E-state index contributed by atoms with van der Waals surface area (Å²) in [6, 6.07) is 0. The molecule has 0 spiro atoms. The predicted octanol–water partition coefficient (Wildman–Crippen LogP) is 1.31. The third-order valence-electron chi connectivity index (χ3n) is 10.4. The van der Waals surface area contributed by atoms with Crippen molar-refractivity contribution in [2.45, 2.75) is 108 Å². The molecule has 4 aliphatic carbocycles. The minimum atomic E-state index is -1.76. The molecular formula is C25H38O8. The summed E-state index contributed by atoms with van der Waals surface area (Å²) < 4.78 is 10.7. The van der Waals surface area contributed by atoms with Crippen LogP contribution in [0.4, 0.5) is 0 Å². The Bertz CT molecular complexity index is 801. The van der Waals surface area contributed by atoms with Crippen molar-refractivity contribution in [3.8, 4) is 0 Å². The maximum absolute atomic E-state index is 12.7. The monoisotopic (exact) mass is 466 g/mol. The van der Waals surface area contributed by atoms with E-state index in [-0.39, 0.29) is 16.9 Å². The van der Waals surface area contributed by atoms with Gasteiger partial charge < -0.3 is 29.9 Å². The SMILES string of the molecule is C[C@]12CC[C@@H](OC(=O)[C@H]3O[C@@H](O)[C@H](O)[C@@H](O)[C@@H]3O)C[C@@H]1CC[C@@H]1[C@@H]2CC[C@]2(C)C(=O)CC[C@@H]12. The molecule has 4 N–H and O–H groups in total. The molecule has 1 aliphatic heterocycles. The Balaban J connectivity index is 1.24. The number of fused-ring (bicyclic) bond motifs is 5. The summed E-state index contributed by atoms with van der Waals surface area (Å²) in [5, 5.41) is 39.3. The number of carbonyl (C=O) groups is 2. The highest BCUT2D eigenvalue weighted by Crippen LogP contribution is 2.65. The molecule has 4 saturated carbocycles. The van der Waals surface area contributed by atoms with Crippen LogP contribution in [0.5, 0.6) is 0 Å². The van der Waals surface area contributed by atoms with Gasteiger partial charge in [-0.1, -0.05) is 13.8 Å². The minimum absolute atomic E-state index is 0.124. The molecule has 0 unspecified atom stereocenters. The molecule has 0 radical (unpaired) electrons. The normalized spacial score (nSPS) is 54.2. The molecule has 186 valence electrons. The van der Waals surface area contributed by atoms with Crippen LogP contribution in [0.1, 0.15) is 71.6 Å². The van der Waals surface area contributed by atoms with E-state index >= 15 is 0 Å². The number of ketones is 1. The fraction of sp³-hybridized carbons (Fsp3) is 0.920. The van der Waals surface area contributed by atoms with Gasteiger partial charge >= 0.3 is 5.97 Å². The number of rotatable bonds is 2. The summed E-state index contributed by atoms with van der Waals surface area (Å²) >= 11 is 0. The van der Waals surface area contributed by atoms with E-state index in [1.165, 1.54) is 0 Å². The van der Waals surface area contributed by atoms with Crippen LogP contribution in [0.2, 0.25) is 0 Å². The van der Waals surface area contributed by atoms with Crippen LogP contribution in [0.15, 0.2) is 0 Å². The first-order valence-corrected chi connectivity index (χ1v) is 12.7. The van der Waals surface area contributed by atoms with E-state index in [2.05, 4.69) is 13.8 Å². The maximum Gasteiger partial charge on any atom is 0.338 e. The van der Waals surface area contributed by atoms with E-state index in [4.69, 9.17) is 9.47 Å². The van der Waals surface area contributed by atoms with Crippen molar-refractivity contribution in [2.24, 2.45) is 34.5 Å². The van der Waals surface area contributed by atoms with Crippen molar-refractivity contribution in [1.29, 1.82) is 0 Å². The van der Waals surface area contributed by atoms with Crippen LogP contribution in [-0.4, -0.2) is 69.0 Å². The fourth-order valence-corrected chi connectivity index (χ4v) is 8.38. The van der Waals surface area contributed by atoms with Crippen molar-refractivity contribution in [3.05, 3.63) is 0 Å². The number of hydrogen-bond acceptors (Lipinski definition) is 8. The smallest absolute Gasteiger partial charge is 0.338 e. The summed E-state index contributed by atoms with van der Waals surface area (Å²) in [6.45, 7) is 4.59. The van der Waals surface area contributed by atoms with E-state index in [0.29, 0.717) is 29.5 Å². The number of ether oxygens (including phenoxy) is 2. The van der Waals surface area contributed by atoms with Gasteiger partial charge in [0.15, 0.2) is 12.4 Å². The number of carbonyl (C=O) groups excluding carboxylic acids is 2. The zero-order chi connectivity index (χ0) is 23.7. The van der Waals surface area contributed by atoms with Crippen LogP contribution in [0, 0.1) is 34.5 Å². The summed E-state index contributed by atoms with van der Waals surface area (Å²) in [4.78, 5) is 25.3. The Morgan fingerprint density at radius 3 is 2.45 bits per heavy atom. The first-order valence-electron chi connectivity index (χ1n) is 12.7. The summed E-state index contributed by atoms with van der Waals surface area (Å²) in [5.74, 6) is 1.80. The lowest BCUT2D eigenvalue weighted by Gasteiger charge is -2.60. The fourth-order valence-electron chi connectivity index (χ4n) is 8.38. The predicted molar refractivity (Wildman–Crippen MR) is 116 cm³/mol. The highest BCUT2D eigenvalue weighted by atomic mass is 16.7. The van der Waals surface area contributed by atoms with Gasteiger partial charge in [-0.2, -0.15) is 0 Å². The van der Waals surface area contributed by atoms with Gasteiger partial charge in [0.05, 0.1) is 0 Å². The topological polar surface area (TPSA) is 134 Å². The van der Waals surface area contributed by atoms with E-state index in [1.807, 2.05) is 0 Å². The number of hydrogen-bond donors (Lipinski definition) is 4. The molecule has 1 saturated heterocycles. The van der Waals surface area contributed by atoms with Crippen molar-refractivity contribution in [1.82, 2.24) is 0 Å². The Hall–Kier alpha value is -1.06. The Morgan fingerprint density at radius 2 is 1.70 bits per heavy atom. The molecular weight excluding hydrogens is 428 g/mol. The average Bonchev–Trinajstić information content (AvgIpc) is 3.09. The second-order valence-electron chi connectivity index (χ2n) is 11.8. The molecule has 5 fully saturated rings. The maximum atomic E-state index is 12.7. The van der Waals surface area contributed by atoms with Gasteiger partial charge in [-0.3, -0.25) is 4.79 Å². The van der Waals surface area contributed by atoms with Crippen molar-refractivity contribution >= 4 is 11.8 Å². The van der Waals surface area contributed by atoms with Crippen LogP contribution in [-0.2, 0) is 19.1 Å². The highest BCUT2D eigenvalue weighted by Gasteiger charge is 2.60. The first-order chi connectivity index (χ1) is 15.6. The average molecular weight is 467 g/mol. The lowest BCUT2D eigenvalue weighted by atomic mass is 9.45. The number of esters is 1. The van der Waals surface area contributed by atoms with Gasteiger partial charge in [-0.05, 0) is 80.5 Å². The molecule has 0 amide bonds. The number of aliphatic hydroxyl groups excluding tert-OH is 4. The first kappa shape index (κ1) is 23.7. The Kier molecular flexibility index (Phi) is 5.93.